The zero-order valence-electron chi connectivity index (χ0n) is 11.2. The molecule has 2 aromatic rings. The molecule has 1 heterocycles. The molecule has 0 radical (unpaired) electrons. The van der Waals surface area contributed by atoms with E-state index in [2.05, 4.69) is 18.8 Å². The maximum Gasteiger partial charge on any atom is 0.131 e. The van der Waals surface area contributed by atoms with Gasteiger partial charge in [0.05, 0.1) is 0 Å². The molecule has 18 heavy (non-hydrogen) atoms. The number of nitrogens with two attached hydrogens (primary N) is 1. The van der Waals surface area contributed by atoms with Crippen LogP contribution in [0.4, 0.5) is 10.2 Å². The minimum atomic E-state index is -0.233. The van der Waals surface area contributed by atoms with Gasteiger partial charge in [-0.15, -0.1) is 0 Å². The third-order valence-electron chi connectivity index (χ3n) is 3.14. The molecular formula is C14H18FN3. The molecule has 4 heteroatoms. The van der Waals surface area contributed by atoms with Crippen molar-refractivity contribution in [1.29, 1.82) is 0 Å². The van der Waals surface area contributed by atoms with Gasteiger partial charge in [-0.25, -0.2) is 9.37 Å². The molecule has 0 aliphatic carbocycles. The van der Waals surface area contributed by atoms with E-state index in [4.69, 9.17) is 5.73 Å². The highest BCUT2D eigenvalue weighted by Gasteiger charge is 2.16. The van der Waals surface area contributed by atoms with E-state index in [-0.39, 0.29) is 11.7 Å². The summed E-state index contributed by atoms with van der Waals surface area (Å²) in [5.41, 5.74) is 8.04. The molecule has 0 fully saturated rings. The molecule has 1 aromatic carbocycles. The van der Waals surface area contributed by atoms with E-state index < -0.39 is 0 Å². The highest BCUT2D eigenvalue weighted by atomic mass is 19.1. The Bertz CT molecular complexity index is 585. The monoisotopic (exact) mass is 247 g/mol. The number of imidazole rings is 1. The van der Waals surface area contributed by atoms with E-state index >= 15 is 0 Å². The fourth-order valence-corrected chi connectivity index (χ4v) is 2.00. The minimum absolute atomic E-state index is 0.233. The summed E-state index contributed by atoms with van der Waals surface area (Å²) < 4.78 is 15.4. The standard InChI is InChI=1S/C14H18FN3/c1-8(2)14-17-12(13(16)18(14)4)10-6-5-9(3)11(15)7-10/h5-8H,16H2,1-4H3. The topological polar surface area (TPSA) is 43.8 Å². The largest absolute Gasteiger partial charge is 0.383 e. The zero-order chi connectivity index (χ0) is 13.4. The van der Waals surface area contributed by atoms with Crippen LogP contribution in [0.3, 0.4) is 0 Å². The lowest BCUT2D eigenvalue weighted by atomic mass is 10.1. The Balaban J connectivity index is 2.57. The first-order valence-electron chi connectivity index (χ1n) is 6.00. The molecule has 3 nitrogen and oxygen atoms in total. The highest BCUT2D eigenvalue weighted by Crippen LogP contribution is 2.29. The number of nitrogens with zero attached hydrogens (tertiary/aromatic N) is 2. The maximum absolute atomic E-state index is 13.6. The summed E-state index contributed by atoms with van der Waals surface area (Å²) in [6.07, 6.45) is 0. The lowest BCUT2D eigenvalue weighted by Gasteiger charge is -2.04. The van der Waals surface area contributed by atoms with Crippen LogP contribution < -0.4 is 5.73 Å². The number of hydrogen-bond acceptors (Lipinski definition) is 2. The minimum Gasteiger partial charge on any atom is -0.383 e. The molecule has 0 bridgehead atoms. The summed E-state index contributed by atoms with van der Waals surface area (Å²) >= 11 is 0. The van der Waals surface area contributed by atoms with Gasteiger partial charge in [0.2, 0.25) is 0 Å². The lowest BCUT2D eigenvalue weighted by molar-refractivity contribution is 0.619. The Morgan fingerprint density at radius 2 is 2.00 bits per heavy atom. The van der Waals surface area contributed by atoms with Crippen molar-refractivity contribution in [3.8, 4) is 11.3 Å². The summed E-state index contributed by atoms with van der Waals surface area (Å²) in [5.74, 6) is 1.52. The molecule has 0 aliphatic heterocycles. The van der Waals surface area contributed by atoms with E-state index in [1.165, 1.54) is 6.07 Å². The van der Waals surface area contributed by atoms with Gasteiger partial charge in [-0.2, -0.15) is 0 Å². The second kappa shape index (κ2) is 4.44. The Morgan fingerprint density at radius 1 is 1.33 bits per heavy atom. The SMILES string of the molecule is Cc1ccc(-c2nc(C(C)C)n(C)c2N)cc1F. The van der Waals surface area contributed by atoms with Gasteiger partial charge in [-0.05, 0) is 18.6 Å². The molecule has 0 unspecified atom stereocenters. The molecule has 96 valence electrons. The van der Waals surface area contributed by atoms with Gasteiger partial charge in [-0.1, -0.05) is 26.0 Å². The van der Waals surface area contributed by atoms with Gasteiger partial charge >= 0.3 is 0 Å². The van der Waals surface area contributed by atoms with Crippen molar-refractivity contribution in [3.05, 3.63) is 35.4 Å². The fourth-order valence-electron chi connectivity index (χ4n) is 2.00. The number of aromatic nitrogens is 2. The molecule has 0 aliphatic rings. The first-order chi connectivity index (χ1) is 8.41. The summed E-state index contributed by atoms with van der Waals surface area (Å²) in [6.45, 7) is 5.85. The molecule has 0 spiro atoms. The third kappa shape index (κ3) is 1.98. The van der Waals surface area contributed by atoms with Crippen LogP contribution in [0, 0.1) is 12.7 Å². The van der Waals surface area contributed by atoms with E-state index in [0.717, 1.165) is 11.4 Å². The zero-order valence-corrected chi connectivity index (χ0v) is 11.2. The predicted octanol–water partition coefficient (Wildman–Crippen LogP) is 3.24. The van der Waals surface area contributed by atoms with Crippen LogP contribution in [0.25, 0.3) is 11.3 Å². The van der Waals surface area contributed by atoms with Crippen LogP contribution >= 0.6 is 0 Å². The molecule has 0 atom stereocenters. The quantitative estimate of drug-likeness (QED) is 0.885. The van der Waals surface area contributed by atoms with E-state index in [9.17, 15) is 4.39 Å². The molecule has 0 amide bonds. The maximum atomic E-state index is 13.6. The van der Waals surface area contributed by atoms with Crippen molar-refractivity contribution in [2.45, 2.75) is 26.7 Å². The third-order valence-corrected chi connectivity index (χ3v) is 3.14. The fraction of sp³-hybridized carbons (Fsp3) is 0.357. The van der Waals surface area contributed by atoms with Crippen molar-refractivity contribution >= 4 is 5.82 Å². The molecule has 0 saturated carbocycles. The first kappa shape index (κ1) is 12.6. The number of benzene rings is 1. The number of hydrogen-bond donors (Lipinski definition) is 1. The van der Waals surface area contributed by atoms with Gasteiger partial charge in [0.1, 0.15) is 23.2 Å². The van der Waals surface area contributed by atoms with Gasteiger partial charge < -0.3 is 10.3 Å². The predicted molar refractivity (Wildman–Crippen MR) is 71.8 cm³/mol. The van der Waals surface area contributed by atoms with Crippen LogP contribution in [0.5, 0.6) is 0 Å². The van der Waals surface area contributed by atoms with Gasteiger partial charge in [0.25, 0.3) is 0 Å². The summed E-state index contributed by atoms with van der Waals surface area (Å²) in [5, 5.41) is 0. The van der Waals surface area contributed by atoms with E-state index in [1.54, 1.807) is 13.0 Å². The average molecular weight is 247 g/mol. The Kier molecular flexibility index (Phi) is 3.11. The van der Waals surface area contributed by atoms with Gasteiger partial charge in [-0.3, -0.25) is 0 Å². The first-order valence-corrected chi connectivity index (χ1v) is 6.00. The van der Waals surface area contributed by atoms with Crippen LogP contribution in [0.2, 0.25) is 0 Å². The number of aryl methyl sites for hydroxylation is 1. The number of rotatable bonds is 2. The normalized spacial score (nSPS) is 11.2. The van der Waals surface area contributed by atoms with Gasteiger partial charge in [0.15, 0.2) is 0 Å². The van der Waals surface area contributed by atoms with Crippen LogP contribution in [0.15, 0.2) is 18.2 Å². The number of halogens is 1. The Morgan fingerprint density at radius 3 is 2.50 bits per heavy atom. The summed E-state index contributed by atoms with van der Waals surface area (Å²) in [4.78, 5) is 4.52. The molecule has 2 N–H and O–H groups in total. The van der Waals surface area contributed by atoms with Crippen molar-refractivity contribution in [3.63, 3.8) is 0 Å². The van der Waals surface area contributed by atoms with E-state index in [1.807, 2.05) is 17.7 Å². The highest BCUT2D eigenvalue weighted by molar-refractivity contribution is 5.71. The van der Waals surface area contributed by atoms with Crippen molar-refractivity contribution in [2.75, 3.05) is 5.73 Å². The Labute approximate surface area is 106 Å². The molecule has 2 rings (SSSR count). The summed E-state index contributed by atoms with van der Waals surface area (Å²) in [7, 11) is 1.88. The second-order valence-corrected chi connectivity index (χ2v) is 4.88. The van der Waals surface area contributed by atoms with Crippen molar-refractivity contribution in [2.24, 2.45) is 7.05 Å². The molecular weight excluding hydrogens is 229 g/mol. The second-order valence-electron chi connectivity index (χ2n) is 4.88. The van der Waals surface area contributed by atoms with Crippen LogP contribution in [0.1, 0.15) is 31.2 Å². The van der Waals surface area contributed by atoms with Crippen LogP contribution in [-0.2, 0) is 7.05 Å². The van der Waals surface area contributed by atoms with Crippen LogP contribution in [-0.4, -0.2) is 9.55 Å². The Hall–Kier alpha value is -1.84. The van der Waals surface area contributed by atoms with Crippen molar-refractivity contribution < 1.29 is 4.39 Å². The van der Waals surface area contributed by atoms with Crippen molar-refractivity contribution in [1.82, 2.24) is 9.55 Å². The molecule has 1 aromatic heterocycles. The van der Waals surface area contributed by atoms with Gasteiger partial charge in [0, 0.05) is 18.5 Å². The smallest absolute Gasteiger partial charge is 0.131 e. The molecule has 0 saturated heterocycles. The van der Waals surface area contributed by atoms with E-state index in [0.29, 0.717) is 17.1 Å². The average Bonchev–Trinajstić information content (AvgIpc) is 2.60. The number of anilines is 1. The lowest BCUT2D eigenvalue weighted by Crippen LogP contribution is -2.02. The summed E-state index contributed by atoms with van der Waals surface area (Å²) in [6, 6.07) is 5.08. The number of nitrogen functional groups attached to an aromatic ring is 1.